The smallest absolute Gasteiger partial charge is 0.338 e. The van der Waals surface area contributed by atoms with Crippen molar-refractivity contribution in [3.8, 4) is 0 Å². The first kappa shape index (κ1) is 17.3. The second-order valence-corrected chi connectivity index (χ2v) is 5.91. The quantitative estimate of drug-likeness (QED) is 0.595. The summed E-state index contributed by atoms with van der Waals surface area (Å²) >= 11 is 1.55. The SMILES string of the molecule is COCCNC(=O)COC(=O)c1ccc2c(c1)NC(=O)CCS2. The van der Waals surface area contributed by atoms with Gasteiger partial charge in [-0.05, 0) is 18.2 Å². The van der Waals surface area contributed by atoms with Gasteiger partial charge in [0.1, 0.15) is 0 Å². The second-order valence-electron chi connectivity index (χ2n) is 4.78. The van der Waals surface area contributed by atoms with Gasteiger partial charge in [0.05, 0.1) is 17.9 Å². The molecule has 2 N–H and O–H groups in total. The summed E-state index contributed by atoms with van der Waals surface area (Å²) in [6.45, 7) is 0.387. The number of nitrogens with one attached hydrogen (secondary N) is 2. The average Bonchev–Trinajstić information content (AvgIpc) is 2.72. The highest BCUT2D eigenvalue weighted by Crippen LogP contribution is 2.31. The van der Waals surface area contributed by atoms with Crippen LogP contribution in [0.4, 0.5) is 5.69 Å². The number of ether oxygens (including phenoxy) is 2. The van der Waals surface area contributed by atoms with Gasteiger partial charge < -0.3 is 20.1 Å². The summed E-state index contributed by atoms with van der Waals surface area (Å²) in [4.78, 5) is 35.9. The van der Waals surface area contributed by atoms with Crippen molar-refractivity contribution in [2.45, 2.75) is 11.3 Å². The van der Waals surface area contributed by atoms with Crippen LogP contribution in [0.3, 0.4) is 0 Å². The van der Waals surface area contributed by atoms with Gasteiger partial charge in [0.15, 0.2) is 6.61 Å². The number of thioether (sulfide) groups is 1. The second kappa shape index (κ2) is 8.54. The Hall–Kier alpha value is -2.06. The number of fused-ring (bicyclic) bond motifs is 1. The molecule has 23 heavy (non-hydrogen) atoms. The number of esters is 1. The molecule has 124 valence electrons. The number of carbonyl (C=O) groups is 3. The first-order valence-electron chi connectivity index (χ1n) is 7.09. The highest BCUT2D eigenvalue weighted by atomic mass is 32.2. The molecule has 1 aromatic carbocycles. The maximum atomic E-state index is 12.0. The zero-order valence-electron chi connectivity index (χ0n) is 12.7. The normalized spacial score (nSPS) is 13.5. The largest absolute Gasteiger partial charge is 0.452 e. The van der Waals surface area contributed by atoms with Crippen LogP contribution in [0, 0.1) is 0 Å². The van der Waals surface area contributed by atoms with Crippen molar-refractivity contribution >= 4 is 35.2 Å². The molecule has 0 atom stereocenters. The molecule has 0 saturated carbocycles. The van der Waals surface area contributed by atoms with Crippen LogP contribution >= 0.6 is 11.8 Å². The van der Waals surface area contributed by atoms with Gasteiger partial charge in [0.25, 0.3) is 5.91 Å². The summed E-state index contributed by atoms with van der Waals surface area (Å²) in [7, 11) is 1.53. The van der Waals surface area contributed by atoms with Crippen LogP contribution < -0.4 is 10.6 Å². The molecule has 7 nitrogen and oxygen atoms in total. The van der Waals surface area contributed by atoms with E-state index in [-0.39, 0.29) is 18.1 Å². The lowest BCUT2D eigenvalue weighted by Crippen LogP contribution is -2.31. The molecule has 0 aliphatic carbocycles. The molecule has 1 heterocycles. The Kier molecular flexibility index (Phi) is 6.42. The number of amides is 2. The van der Waals surface area contributed by atoms with Crippen LogP contribution in [-0.2, 0) is 19.1 Å². The topological polar surface area (TPSA) is 93.7 Å². The minimum atomic E-state index is -0.613. The molecule has 0 spiro atoms. The van der Waals surface area contributed by atoms with Gasteiger partial charge in [-0.2, -0.15) is 0 Å². The lowest BCUT2D eigenvalue weighted by atomic mass is 10.2. The molecule has 0 fully saturated rings. The van der Waals surface area contributed by atoms with Gasteiger partial charge in [-0.3, -0.25) is 9.59 Å². The minimum Gasteiger partial charge on any atom is -0.452 e. The van der Waals surface area contributed by atoms with E-state index in [1.54, 1.807) is 30.0 Å². The molecule has 0 bridgehead atoms. The fourth-order valence-electron chi connectivity index (χ4n) is 1.90. The predicted octanol–water partition coefficient (Wildman–Crippen LogP) is 1.04. The summed E-state index contributed by atoms with van der Waals surface area (Å²) in [5, 5.41) is 5.31. The fourth-order valence-corrected chi connectivity index (χ4v) is 2.84. The Morgan fingerprint density at radius 1 is 1.39 bits per heavy atom. The van der Waals surface area contributed by atoms with Crippen LogP contribution in [-0.4, -0.2) is 50.4 Å². The highest BCUT2D eigenvalue weighted by molar-refractivity contribution is 7.99. The summed E-state index contributed by atoms with van der Waals surface area (Å²) in [6.07, 6.45) is 0.431. The van der Waals surface area contributed by atoms with Gasteiger partial charge in [-0.25, -0.2) is 4.79 Å². The molecule has 0 unspecified atom stereocenters. The van der Waals surface area contributed by atoms with Gasteiger partial charge in [0.2, 0.25) is 5.91 Å². The van der Waals surface area contributed by atoms with Crippen molar-refractivity contribution in [2.75, 3.05) is 37.9 Å². The zero-order chi connectivity index (χ0) is 16.7. The van der Waals surface area contributed by atoms with Crippen LogP contribution in [0.5, 0.6) is 0 Å². The van der Waals surface area contributed by atoms with E-state index in [0.717, 1.165) is 4.90 Å². The van der Waals surface area contributed by atoms with E-state index in [1.165, 1.54) is 7.11 Å². The monoisotopic (exact) mass is 338 g/mol. The Balaban J connectivity index is 1.92. The van der Waals surface area contributed by atoms with Crippen LogP contribution in [0.2, 0.25) is 0 Å². The molecule has 1 aliphatic heterocycles. The number of methoxy groups -OCH3 is 1. The zero-order valence-corrected chi connectivity index (χ0v) is 13.5. The molecule has 0 radical (unpaired) electrons. The van der Waals surface area contributed by atoms with Crippen LogP contribution in [0.1, 0.15) is 16.8 Å². The van der Waals surface area contributed by atoms with Crippen molar-refractivity contribution < 1.29 is 23.9 Å². The highest BCUT2D eigenvalue weighted by Gasteiger charge is 2.17. The number of benzene rings is 1. The van der Waals surface area contributed by atoms with Gasteiger partial charge in [-0.1, -0.05) is 0 Å². The van der Waals surface area contributed by atoms with Crippen molar-refractivity contribution in [2.24, 2.45) is 0 Å². The van der Waals surface area contributed by atoms with E-state index in [1.807, 2.05) is 0 Å². The summed E-state index contributed by atoms with van der Waals surface area (Å²) in [6, 6.07) is 4.95. The average molecular weight is 338 g/mol. The van der Waals surface area contributed by atoms with Gasteiger partial charge in [0, 0.05) is 30.7 Å². The van der Waals surface area contributed by atoms with Gasteiger partial charge >= 0.3 is 5.97 Å². The summed E-state index contributed by atoms with van der Waals surface area (Å²) < 4.78 is 9.76. The van der Waals surface area contributed by atoms with Crippen molar-refractivity contribution in [3.63, 3.8) is 0 Å². The fraction of sp³-hybridized carbons (Fsp3) is 0.400. The molecule has 2 rings (SSSR count). The Morgan fingerprint density at radius 2 is 2.22 bits per heavy atom. The van der Waals surface area contributed by atoms with Gasteiger partial charge in [-0.15, -0.1) is 11.8 Å². The molecule has 2 amide bonds. The number of carbonyl (C=O) groups excluding carboxylic acids is 3. The van der Waals surface area contributed by atoms with Crippen LogP contribution in [0.15, 0.2) is 23.1 Å². The predicted molar refractivity (Wildman–Crippen MR) is 85.6 cm³/mol. The van der Waals surface area contributed by atoms with E-state index in [2.05, 4.69) is 10.6 Å². The molecule has 1 aromatic rings. The Labute approximate surface area is 138 Å². The number of hydrogen-bond donors (Lipinski definition) is 2. The van der Waals surface area contributed by atoms with E-state index >= 15 is 0 Å². The number of rotatable bonds is 6. The van der Waals surface area contributed by atoms with E-state index in [0.29, 0.717) is 31.0 Å². The maximum Gasteiger partial charge on any atom is 0.338 e. The molecule has 1 aliphatic rings. The molecule has 8 heteroatoms. The van der Waals surface area contributed by atoms with E-state index < -0.39 is 11.9 Å². The third-order valence-electron chi connectivity index (χ3n) is 3.04. The summed E-state index contributed by atoms with van der Waals surface area (Å²) in [5.74, 6) is -0.393. The lowest BCUT2D eigenvalue weighted by molar-refractivity contribution is -0.124. The van der Waals surface area contributed by atoms with Crippen molar-refractivity contribution in [1.82, 2.24) is 5.32 Å². The summed E-state index contributed by atoms with van der Waals surface area (Å²) in [5.41, 5.74) is 0.882. The van der Waals surface area contributed by atoms with Crippen molar-refractivity contribution in [1.29, 1.82) is 0 Å². The molecule has 0 aromatic heterocycles. The molecular formula is C15H18N2O5S. The third kappa shape index (κ3) is 5.26. The Morgan fingerprint density at radius 3 is 3.00 bits per heavy atom. The van der Waals surface area contributed by atoms with E-state index in [9.17, 15) is 14.4 Å². The maximum absolute atomic E-state index is 12.0. The van der Waals surface area contributed by atoms with Crippen LogP contribution in [0.25, 0.3) is 0 Å². The molecule has 0 saturated heterocycles. The third-order valence-corrected chi connectivity index (χ3v) is 4.11. The standard InChI is InChI=1S/C15H18N2O5S/c1-21-6-5-16-14(19)9-22-15(20)10-2-3-12-11(8-10)17-13(18)4-7-23-12/h2-3,8H,4-7,9H2,1H3,(H,16,19)(H,17,18). The first-order chi connectivity index (χ1) is 11.1. The first-order valence-corrected chi connectivity index (χ1v) is 8.08. The lowest BCUT2D eigenvalue weighted by Gasteiger charge is -2.09. The molecular weight excluding hydrogens is 320 g/mol. The minimum absolute atomic E-state index is 0.0840. The number of hydrogen-bond acceptors (Lipinski definition) is 6. The number of anilines is 1. The van der Waals surface area contributed by atoms with E-state index in [4.69, 9.17) is 9.47 Å². The Bertz CT molecular complexity index is 606. The van der Waals surface area contributed by atoms with Crippen molar-refractivity contribution in [3.05, 3.63) is 23.8 Å².